The molecule has 1 aromatic heterocycles. The average Bonchev–Trinajstić information content (AvgIpc) is 2.72. The Morgan fingerprint density at radius 1 is 1.30 bits per heavy atom. The van der Waals surface area contributed by atoms with Crippen LogP contribution in [0.3, 0.4) is 0 Å². The fourth-order valence-electron chi connectivity index (χ4n) is 2.44. The summed E-state index contributed by atoms with van der Waals surface area (Å²) in [4.78, 5) is 12.1. The fraction of sp³-hybridized carbons (Fsp3) is 0.235. The largest absolute Gasteiger partial charge is 0.349 e. The van der Waals surface area contributed by atoms with E-state index in [0.29, 0.717) is 12.1 Å². The number of nitrogens with zero attached hydrogens (tertiary/aromatic N) is 1. The van der Waals surface area contributed by atoms with Gasteiger partial charge in [-0.15, -0.1) is 6.58 Å². The first-order valence-corrected chi connectivity index (χ1v) is 6.70. The van der Waals surface area contributed by atoms with Gasteiger partial charge in [0.05, 0.1) is 5.56 Å². The standard InChI is InChI=1S/C17H20N2O/c1-5-10-18-17(20)15-11-13(3)19(14(15)4)16-9-7-6-8-12(16)2/h5-9,11H,1,10H2,2-4H3,(H,18,20). The predicted molar refractivity (Wildman–Crippen MR) is 82.5 cm³/mol. The number of benzene rings is 1. The van der Waals surface area contributed by atoms with E-state index in [2.05, 4.69) is 35.5 Å². The zero-order valence-electron chi connectivity index (χ0n) is 12.2. The van der Waals surface area contributed by atoms with Crippen molar-refractivity contribution in [1.82, 2.24) is 9.88 Å². The zero-order chi connectivity index (χ0) is 14.7. The molecule has 0 fully saturated rings. The van der Waals surface area contributed by atoms with Gasteiger partial charge in [0.15, 0.2) is 0 Å². The minimum absolute atomic E-state index is 0.0576. The molecule has 2 aromatic rings. The van der Waals surface area contributed by atoms with E-state index < -0.39 is 0 Å². The molecule has 0 bridgehead atoms. The molecular formula is C17H20N2O. The van der Waals surface area contributed by atoms with E-state index >= 15 is 0 Å². The Labute approximate surface area is 119 Å². The summed E-state index contributed by atoms with van der Waals surface area (Å²) < 4.78 is 2.12. The van der Waals surface area contributed by atoms with Gasteiger partial charge in [0, 0.05) is 23.6 Å². The van der Waals surface area contributed by atoms with Gasteiger partial charge in [0.2, 0.25) is 0 Å². The number of rotatable bonds is 4. The molecular weight excluding hydrogens is 248 g/mol. The summed E-state index contributed by atoms with van der Waals surface area (Å²) in [6.07, 6.45) is 1.68. The van der Waals surface area contributed by atoms with E-state index in [4.69, 9.17) is 0 Å². The van der Waals surface area contributed by atoms with Crippen LogP contribution in [-0.4, -0.2) is 17.0 Å². The van der Waals surface area contributed by atoms with Crippen LogP contribution in [0.1, 0.15) is 27.3 Å². The zero-order valence-corrected chi connectivity index (χ0v) is 12.2. The van der Waals surface area contributed by atoms with Gasteiger partial charge in [-0.3, -0.25) is 4.79 Å². The molecule has 0 aliphatic carbocycles. The smallest absolute Gasteiger partial charge is 0.253 e. The molecule has 0 saturated heterocycles. The first-order chi connectivity index (χ1) is 9.56. The third-order valence-corrected chi connectivity index (χ3v) is 3.44. The Bertz CT molecular complexity index is 653. The molecule has 3 nitrogen and oxygen atoms in total. The molecule has 20 heavy (non-hydrogen) atoms. The minimum Gasteiger partial charge on any atom is -0.349 e. The summed E-state index contributed by atoms with van der Waals surface area (Å²) in [5.74, 6) is -0.0576. The highest BCUT2D eigenvalue weighted by Crippen LogP contribution is 2.23. The Balaban J connectivity index is 2.47. The summed E-state index contributed by atoms with van der Waals surface area (Å²) in [6.45, 7) is 10.2. The normalized spacial score (nSPS) is 10.3. The Kier molecular flexibility index (Phi) is 4.08. The second kappa shape index (κ2) is 5.78. The molecule has 2 rings (SSSR count). The summed E-state index contributed by atoms with van der Waals surface area (Å²) in [6, 6.07) is 10.1. The van der Waals surface area contributed by atoms with Crippen LogP contribution in [0.4, 0.5) is 0 Å². The molecule has 3 heteroatoms. The first-order valence-electron chi connectivity index (χ1n) is 6.70. The maximum Gasteiger partial charge on any atom is 0.253 e. The summed E-state index contributed by atoms with van der Waals surface area (Å²) in [5.41, 5.74) is 5.03. The van der Waals surface area contributed by atoms with Gasteiger partial charge in [-0.1, -0.05) is 24.3 Å². The van der Waals surface area contributed by atoms with Crippen molar-refractivity contribution in [2.75, 3.05) is 6.54 Å². The third-order valence-electron chi connectivity index (χ3n) is 3.44. The number of aryl methyl sites for hydroxylation is 2. The monoisotopic (exact) mass is 268 g/mol. The molecule has 1 aromatic carbocycles. The lowest BCUT2D eigenvalue weighted by molar-refractivity contribution is 0.0957. The van der Waals surface area contributed by atoms with Gasteiger partial charge in [-0.2, -0.15) is 0 Å². The van der Waals surface area contributed by atoms with Crippen molar-refractivity contribution in [1.29, 1.82) is 0 Å². The topological polar surface area (TPSA) is 34.0 Å². The van der Waals surface area contributed by atoms with Crippen LogP contribution in [-0.2, 0) is 0 Å². The molecule has 0 aliphatic heterocycles. The lowest BCUT2D eigenvalue weighted by Gasteiger charge is -2.12. The molecule has 1 heterocycles. The number of aromatic nitrogens is 1. The second-order valence-corrected chi connectivity index (χ2v) is 4.91. The van der Waals surface area contributed by atoms with Crippen LogP contribution >= 0.6 is 0 Å². The van der Waals surface area contributed by atoms with E-state index in [0.717, 1.165) is 17.1 Å². The van der Waals surface area contributed by atoms with Gasteiger partial charge >= 0.3 is 0 Å². The summed E-state index contributed by atoms with van der Waals surface area (Å²) >= 11 is 0. The maximum atomic E-state index is 12.1. The molecule has 1 N–H and O–H groups in total. The molecule has 104 valence electrons. The lowest BCUT2D eigenvalue weighted by Crippen LogP contribution is -2.23. The van der Waals surface area contributed by atoms with Crippen LogP contribution < -0.4 is 5.32 Å². The Morgan fingerprint density at radius 3 is 2.65 bits per heavy atom. The molecule has 0 unspecified atom stereocenters. The Hall–Kier alpha value is -2.29. The van der Waals surface area contributed by atoms with Gasteiger partial charge in [0.25, 0.3) is 5.91 Å². The Morgan fingerprint density at radius 2 is 2.00 bits per heavy atom. The summed E-state index contributed by atoms with van der Waals surface area (Å²) in [5, 5.41) is 2.83. The maximum absolute atomic E-state index is 12.1. The molecule has 1 amide bonds. The second-order valence-electron chi connectivity index (χ2n) is 4.91. The van der Waals surface area contributed by atoms with E-state index in [9.17, 15) is 4.79 Å². The van der Waals surface area contributed by atoms with E-state index in [1.54, 1.807) is 6.08 Å². The molecule has 0 aliphatic rings. The predicted octanol–water partition coefficient (Wildman–Crippen LogP) is 3.32. The van der Waals surface area contributed by atoms with Crippen molar-refractivity contribution in [2.24, 2.45) is 0 Å². The van der Waals surface area contributed by atoms with Crippen molar-refractivity contribution < 1.29 is 4.79 Å². The van der Waals surface area contributed by atoms with Crippen molar-refractivity contribution in [3.8, 4) is 5.69 Å². The quantitative estimate of drug-likeness (QED) is 0.848. The van der Waals surface area contributed by atoms with Crippen LogP contribution in [0.15, 0.2) is 43.0 Å². The SMILES string of the molecule is C=CCNC(=O)c1cc(C)n(-c2ccccc2C)c1C. The number of hydrogen-bond acceptors (Lipinski definition) is 1. The first kappa shape index (κ1) is 14.1. The number of nitrogens with one attached hydrogen (secondary N) is 1. The average molecular weight is 268 g/mol. The van der Waals surface area contributed by atoms with Crippen LogP contribution in [0, 0.1) is 20.8 Å². The van der Waals surface area contributed by atoms with Gasteiger partial charge < -0.3 is 9.88 Å². The van der Waals surface area contributed by atoms with Crippen molar-refractivity contribution >= 4 is 5.91 Å². The number of hydrogen-bond donors (Lipinski definition) is 1. The van der Waals surface area contributed by atoms with Crippen molar-refractivity contribution in [3.63, 3.8) is 0 Å². The number of carbonyl (C=O) groups excluding carboxylic acids is 1. The van der Waals surface area contributed by atoms with Gasteiger partial charge in [0.1, 0.15) is 0 Å². The number of carbonyl (C=O) groups is 1. The highest BCUT2D eigenvalue weighted by Gasteiger charge is 2.16. The van der Waals surface area contributed by atoms with Gasteiger partial charge in [-0.25, -0.2) is 0 Å². The van der Waals surface area contributed by atoms with Crippen LogP contribution in [0.2, 0.25) is 0 Å². The molecule has 0 spiro atoms. The van der Waals surface area contributed by atoms with E-state index in [-0.39, 0.29) is 5.91 Å². The minimum atomic E-state index is -0.0576. The van der Waals surface area contributed by atoms with Crippen LogP contribution in [0.5, 0.6) is 0 Å². The van der Waals surface area contributed by atoms with Gasteiger partial charge in [-0.05, 0) is 38.5 Å². The third kappa shape index (κ3) is 2.52. The highest BCUT2D eigenvalue weighted by atomic mass is 16.1. The molecule has 0 radical (unpaired) electrons. The van der Waals surface area contributed by atoms with E-state index in [1.807, 2.05) is 32.0 Å². The van der Waals surface area contributed by atoms with Crippen molar-refractivity contribution in [3.05, 3.63) is 65.5 Å². The van der Waals surface area contributed by atoms with Crippen molar-refractivity contribution in [2.45, 2.75) is 20.8 Å². The fourth-order valence-corrected chi connectivity index (χ4v) is 2.44. The number of amides is 1. The lowest BCUT2D eigenvalue weighted by atomic mass is 10.2. The molecule has 0 saturated carbocycles. The summed E-state index contributed by atoms with van der Waals surface area (Å²) in [7, 11) is 0. The molecule has 0 atom stereocenters. The van der Waals surface area contributed by atoms with Crippen LogP contribution in [0.25, 0.3) is 5.69 Å². The highest BCUT2D eigenvalue weighted by molar-refractivity contribution is 5.96. The number of para-hydroxylation sites is 1. The van der Waals surface area contributed by atoms with E-state index in [1.165, 1.54) is 5.56 Å².